The van der Waals surface area contributed by atoms with Gasteiger partial charge in [0.25, 0.3) is 0 Å². The maximum atomic E-state index is 8.98. The molecule has 94 valence electrons. The molecular weight excluding hydrogens is 206 g/mol. The van der Waals surface area contributed by atoms with Crippen LogP contribution in [0.4, 0.5) is 0 Å². The second-order valence-corrected chi connectivity index (χ2v) is 5.22. The van der Waals surface area contributed by atoms with Gasteiger partial charge in [0, 0.05) is 38.8 Å². The van der Waals surface area contributed by atoms with Crippen LogP contribution in [-0.4, -0.2) is 49.7 Å². The van der Waals surface area contributed by atoms with Gasteiger partial charge in [0.2, 0.25) is 0 Å². The number of hydrogen-bond donors (Lipinski definition) is 2. The zero-order valence-electron chi connectivity index (χ0n) is 10.1. The number of aliphatic hydroxyl groups is 1. The minimum absolute atomic E-state index is 0.0155. The van der Waals surface area contributed by atoms with Crippen LogP contribution >= 0.6 is 0 Å². The second kappa shape index (κ2) is 5.45. The van der Waals surface area contributed by atoms with E-state index in [-0.39, 0.29) is 12.2 Å². The average molecular weight is 229 g/mol. The van der Waals surface area contributed by atoms with Gasteiger partial charge in [-0.1, -0.05) is 6.92 Å². The van der Waals surface area contributed by atoms with Gasteiger partial charge < -0.3 is 19.9 Å². The molecule has 2 fully saturated rings. The summed E-state index contributed by atoms with van der Waals surface area (Å²) in [6, 6.07) is 0.518. The van der Waals surface area contributed by atoms with Gasteiger partial charge in [-0.25, -0.2) is 0 Å². The Labute approximate surface area is 97.3 Å². The lowest BCUT2D eigenvalue weighted by molar-refractivity contribution is -0.0896. The topological polar surface area (TPSA) is 50.7 Å². The summed E-state index contributed by atoms with van der Waals surface area (Å²) in [5.41, 5.74) is -0.0155. The summed E-state index contributed by atoms with van der Waals surface area (Å²) in [7, 11) is 0. The Balaban J connectivity index is 1.78. The quantitative estimate of drug-likeness (QED) is 0.739. The van der Waals surface area contributed by atoms with Crippen LogP contribution in [0.1, 0.15) is 26.2 Å². The first kappa shape index (κ1) is 12.3. The number of aliphatic hydroxyl groups excluding tert-OH is 1. The van der Waals surface area contributed by atoms with Gasteiger partial charge in [-0.05, 0) is 18.8 Å². The third-order valence-corrected chi connectivity index (χ3v) is 3.63. The lowest BCUT2D eigenvalue weighted by Crippen LogP contribution is -2.48. The van der Waals surface area contributed by atoms with Gasteiger partial charge in [0.15, 0.2) is 0 Å². The van der Waals surface area contributed by atoms with Gasteiger partial charge in [0.05, 0.1) is 12.2 Å². The minimum atomic E-state index is -0.0155. The molecule has 0 radical (unpaired) electrons. The van der Waals surface area contributed by atoms with Crippen LogP contribution in [0, 0.1) is 5.92 Å². The molecule has 0 bridgehead atoms. The number of nitrogens with one attached hydrogen (secondary N) is 1. The molecule has 4 heteroatoms. The van der Waals surface area contributed by atoms with Crippen LogP contribution in [0.15, 0.2) is 0 Å². The van der Waals surface area contributed by atoms with Crippen LogP contribution in [0.25, 0.3) is 0 Å². The molecule has 2 heterocycles. The van der Waals surface area contributed by atoms with Gasteiger partial charge in [-0.3, -0.25) is 0 Å². The van der Waals surface area contributed by atoms with E-state index in [1.54, 1.807) is 0 Å². The normalized spacial score (nSPS) is 36.8. The highest BCUT2D eigenvalue weighted by atomic mass is 16.6. The van der Waals surface area contributed by atoms with Crippen molar-refractivity contribution in [3.05, 3.63) is 0 Å². The molecule has 2 N–H and O–H groups in total. The van der Waals surface area contributed by atoms with Gasteiger partial charge in [-0.15, -0.1) is 0 Å². The van der Waals surface area contributed by atoms with E-state index >= 15 is 0 Å². The summed E-state index contributed by atoms with van der Waals surface area (Å²) in [5, 5.41) is 12.5. The Morgan fingerprint density at radius 1 is 1.50 bits per heavy atom. The lowest BCUT2D eigenvalue weighted by Gasteiger charge is -2.37. The molecule has 0 aromatic carbocycles. The van der Waals surface area contributed by atoms with Crippen LogP contribution in [0.2, 0.25) is 0 Å². The molecule has 3 unspecified atom stereocenters. The fraction of sp³-hybridized carbons (Fsp3) is 1.00. The molecule has 2 aliphatic heterocycles. The molecule has 2 saturated heterocycles. The molecule has 16 heavy (non-hydrogen) atoms. The predicted octanol–water partition coefficient (Wildman–Crippen LogP) is 0.542. The van der Waals surface area contributed by atoms with Gasteiger partial charge >= 0.3 is 0 Å². The predicted molar refractivity (Wildman–Crippen MR) is 61.4 cm³/mol. The maximum Gasteiger partial charge on any atom is 0.0951 e. The van der Waals surface area contributed by atoms with Crippen molar-refractivity contribution in [1.29, 1.82) is 0 Å². The van der Waals surface area contributed by atoms with E-state index in [4.69, 9.17) is 14.6 Å². The van der Waals surface area contributed by atoms with Crippen molar-refractivity contribution < 1.29 is 14.6 Å². The fourth-order valence-corrected chi connectivity index (χ4v) is 2.50. The van der Waals surface area contributed by atoms with Crippen molar-refractivity contribution in [3.8, 4) is 0 Å². The Morgan fingerprint density at radius 2 is 2.38 bits per heavy atom. The fourth-order valence-electron chi connectivity index (χ4n) is 2.50. The molecule has 2 rings (SSSR count). The molecule has 1 spiro atoms. The Bertz CT molecular complexity index is 216. The SMILES string of the molecule is CC(CO)CNC1CCOC2(CCOC2)C1. The zero-order valence-corrected chi connectivity index (χ0v) is 10.1. The molecule has 0 saturated carbocycles. The van der Waals surface area contributed by atoms with E-state index in [2.05, 4.69) is 12.2 Å². The summed E-state index contributed by atoms with van der Waals surface area (Å²) < 4.78 is 11.3. The van der Waals surface area contributed by atoms with Gasteiger partial charge in [0.1, 0.15) is 0 Å². The monoisotopic (exact) mass is 229 g/mol. The zero-order chi connectivity index (χ0) is 11.4. The highest BCUT2D eigenvalue weighted by Crippen LogP contribution is 2.32. The lowest BCUT2D eigenvalue weighted by atomic mass is 9.89. The first-order valence-corrected chi connectivity index (χ1v) is 6.30. The minimum Gasteiger partial charge on any atom is -0.396 e. The summed E-state index contributed by atoms with van der Waals surface area (Å²) in [4.78, 5) is 0. The molecule has 0 aromatic rings. The standard InChI is InChI=1S/C12H23NO3/c1-10(8-14)7-13-11-2-4-16-12(6-11)3-5-15-9-12/h10-11,13-14H,2-9H2,1H3. The first-order chi connectivity index (χ1) is 7.74. The first-order valence-electron chi connectivity index (χ1n) is 6.30. The van der Waals surface area contributed by atoms with Crippen molar-refractivity contribution in [2.45, 2.75) is 37.8 Å². The summed E-state index contributed by atoms with van der Waals surface area (Å²) >= 11 is 0. The number of hydrogen-bond acceptors (Lipinski definition) is 4. The van der Waals surface area contributed by atoms with Crippen molar-refractivity contribution in [3.63, 3.8) is 0 Å². The Kier molecular flexibility index (Phi) is 4.19. The van der Waals surface area contributed by atoms with Crippen LogP contribution in [0.5, 0.6) is 0 Å². The highest BCUT2D eigenvalue weighted by molar-refractivity contribution is 4.92. The van der Waals surface area contributed by atoms with E-state index in [1.165, 1.54) is 0 Å². The van der Waals surface area contributed by atoms with E-state index in [0.29, 0.717) is 12.0 Å². The third kappa shape index (κ3) is 2.94. The molecule has 0 aliphatic carbocycles. The molecular formula is C12H23NO3. The Morgan fingerprint density at radius 3 is 3.06 bits per heavy atom. The Hall–Kier alpha value is -0.160. The highest BCUT2D eigenvalue weighted by Gasteiger charge is 2.40. The molecule has 3 atom stereocenters. The van der Waals surface area contributed by atoms with Crippen LogP contribution in [0.3, 0.4) is 0 Å². The molecule has 0 aromatic heterocycles. The summed E-state index contributed by atoms with van der Waals surface area (Å²) in [6.07, 6.45) is 3.14. The number of ether oxygens (including phenoxy) is 2. The maximum absolute atomic E-state index is 8.98. The van der Waals surface area contributed by atoms with E-state index in [0.717, 1.165) is 45.6 Å². The smallest absolute Gasteiger partial charge is 0.0951 e. The number of rotatable bonds is 4. The van der Waals surface area contributed by atoms with Crippen molar-refractivity contribution in [2.24, 2.45) is 5.92 Å². The van der Waals surface area contributed by atoms with Crippen molar-refractivity contribution in [1.82, 2.24) is 5.32 Å². The summed E-state index contributed by atoms with van der Waals surface area (Å²) in [6.45, 7) is 5.61. The van der Waals surface area contributed by atoms with Crippen LogP contribution in [-0.2, 0) is 9.47 Å². The average Bonchev–Trinajstić information content (AvgIpc) is 2.74. The molecule has 2 aliphatic rings. The van der Waals surface area contributed by atoms with Crippen molar-refractivity contribution >= 4 is 0 Å². The molecule has 0 amide bonds. The van der Waals surface area contributed by atoms with Crippen molar-refractivity contribution in [2.75, 3.05) is 33.0 Å². The molecule has 4 nitrogen and oxygen atoms in total. The summed E-state index contributed by atoms with van der Waals surface area (Å²) in [5.74, 6) is 0.332. The third-order valence-electron chi connectivity index (χ3n) is 3.63. The van der Waals surface area contributed by atoms with E-state index < -0.39 is 0 Å². The largest absolute Gasteiger partial charge is 0.396 e. The van der Waals surface area contributed by atoms with E-state index in [9.17, 15) is 0 Å². The van der Waals surface area contributed by atoms with Gasteiger partial charge in [-0.2, -0.15) is 0 Å². The van der Waals surface area contributed by atoms with E-state index in [1.807, 2.05) is 0 Å². The second-order valence-electron chi connectivity index (χ2n) is 5.22. The van der Waals surface area contributed by atoms with Crippen LogP contribution < -0.4 is 5.32 Å².